The van der Waals surface area contributed by atoms with Gasteiger partial charge in [0.1, 0.15) is 0 Å². The Balaban J connectivity index is 1.35. The highest BCUT2D eigenvalue weighted by Crippen LogP contribution is 2.46. The Labute approximate surface area is 267 Å². The van der Waals surface area contributed by atoms with Crippen molar-refractivity contribution in [2.24, 2.45) is 0 Å². The third-order valence-corrected chi connectivity index (χ3v) is 9.22. The van der Waals surface area contributed by atoms with Gasteiger partial charge in [-0.3, -0.25) is 9.97 Å². The summed E-state index contributed by atoms with van der Waals surface area (Å²) in [5, 5.41) is 9.60. The molecule has 0 fully saturated rings. The van der Waals surface area contributed by atoms with Crippen molar-refractivity contribution in [1.29, 1.82) is 0 Å². The fourth-order valence-electron chi connectivity index (χ4n) is 7.33. The molecule has 0 saturated heterocycles. The molecule has 0 saturated carbocycles. The van der Waals surface area contributed by atoms with Crippen molar-refractivity contribution >= 4 is 43.1 Å². The van der Waals surface area contributed by atoms with E-state index in [1.54, 1.807) is 0 Å². The molecular formula is C44H28N2. The zero-order valence-corrected chi connectivity index (χ0v) is 25.1. The van der Waals surface area contributed by atoms with Crippen LogP contribution in [0.2, 0.25) is 0 Å². The number of nitrogens with zero attached hydrogens (tertiary/aromatic N) is 2. The monoisotopic (exact) mass is 584 g/mol. The Morgan fingerprint density at radius 2 is 0.587 bits per heavy atom. The molecule has 7 aromatic carbocycles. The molecule has 0 atom stereocenters. The van der Waals surface area contributed by atoms with E-state index >= 15 is 0 Å². The van der Waals surface area contributed by atoms with Crippen LogP contribution in [0.3, 0.4) is 0 Å². The zero-order valence-electron chi connectivity index (χ0n) is 25.1. The molecule has 0 amide bonds. The molecule has 2 aromatic heterocycles. The number of rotatable bonds is 4. The lowest BCUT2D eigenvalue weighted by molar-refractivity contribution is 1.36. The maximum absolute atomic E-state index is 4.63. The van der Waals surface area contributed by atoms with Crippen LogP contribution in [0.1, 0.15) is 0 Å². The molecule has 0 bridgehead atoms. The van der Waals surface area contributed by atoms with Gasteiger partial charge in [-0.05, 0) is 95.0 Å². The van der Waals surface area contributed by atoms with E-state index in [2.05, 4.69) is 156 Å². The molecular weight excluding hydrogens is 556 g/mol. The van der Waals surface area contributed by atoms with Crippen molar-refractivity contribution in [2.45, 2.75) is 0 Å². The van der Waals surface area contributed by atoms with Gasteiger partial charge in [-0.1, -0.05) is 127 Å². The van der Waals surface area contributed by atoms with E-state index in [-0.39, 0.29) is 0 Å². The maximum Gasteiger partial charge on any atom is 0.0353 e. The molecule has 0 spiro atoms. The van der Waals surface area contributed by atoms with E-state index in [1.807, 2.05) is 24.8 Å². The van der Waals surface area contributed by atoms with Gasteiger partial charge >= 0.3 is 0 Å². The summed E-state index contributed by atoms with van der Waals surface area (Å²) >= 11 is 0. The molecule has 0 aliphatic carbocycles. The summed E-state index contributed by atoms with van der Waals surface area (Å²) in [7, 11) is 0. The van der Waals surface area contributed by atoms with E-state index in [4.69, 9.17) is 0 Å². The van der Waals surface area contributed by atoms with Crippen LogP contribution in [0, 0.1) is 0 Å². The van der Waals surface area contributed by atoms with Crippen molar-refractivity contribution in [3.63, 3.8) is 0 Å². The smallest absolute Gasteiger partial charge is 0.0353 e. The van der Waals surface area contributed by atoms with Gasteiger partial charge in [0, 0.05) is 35.6 Å². The van der Waals surface area contributed by atoms with E-state index in [0.29, 0.717) is 0 Å². The predicted octanol–water partition coefficient (Wildman–Crippen LogP) is 11.8. The minimum atomic E-state index is 1.15. The van der Waals surface area contributed by atoms with Gasteiger partial charge in [0.2, 0.25) is 0 Å². The van der Waals surface area contributed by atoms with Crippen LogP contribution in [0.25, 0.3) is 87.6 Å². The fourth-order valence-corrected chi connectivity index (χ4v) is 7.33. The van der Waals surface area contributed by atoms with Gasteiger partial charge in [0.05, 0.1) is 0 Å². The third-order valence-electron chi connectivity index (χ3n) is 9.22. The molecule has 2 nitrogen and oxygen atoms in total. The summed E-state index contributed by atoms with van der Waals surface area (Å²) in [4.78, 5) is 9.27. The van der Waals surface area contributed by atoms with Crippen molar-refractivity contribution in [3.05, 3.63) is 170 Å². The van der Waals surface area contributed by atoms with Crippen LogP contribution >= 0.6 is 0 Å². The van der Waals surface area contributed by atoms with E-state index in [1.165, 1.54) is 76.8 Å². The Morgan fingerprint density at radius 3 is 1.00 bits per heavy atom. The second-order valence-corrected chi connectivity index (χ2v) is 11.7. The number of benzene rings is 7. The summed E-state index contributed by atoms with van der Waals surface area (Å²) in [5.74, 6) is 0. The lowest BCUT2D eigenvalue weighted by atomic mass is 9.84. The molecule has 2 heteroatoms. The number of hydrogen-bond donors (Lipinski definition) is 0. The van der Waals surface area contributed by atoms with Crippen molar-refractivity contribution in [3.8, 4) is 44.5 Å². The van der Waals surface area contributed by atoms with E-state index < -0.39 is 0 Å². The highest BCUT2D eigenvalue weighted by molar-refractivity contribution is 6.23. The van der Waals surface area contributed by atoms with Crippen LogP contribution in [-0.2, 0) is 0 Å². The van der Waals surface area contributed by atoms with Gasteiger partial charge < -0.3 is 0 Å². The molecule has 9 aromatic rings. The highest BCUT2D eigenvalue weighted by atomic mass is 14.6. The number of hydrogen-bond acceptors (Lipinski definition) is 2. The van der Waals surface area contributed by atoms with Crippen LogP contribution in [-0.4, -0.2) is 9.97 Å². The minimum absolute atomic E-state index is 1.15. The number of pyridine rings is 2. The molecule has 0 N–H and O–H groups in total. The Morgan fingerprint density at radius 1 is 0.261 bits per heavy atom. The Kier molecular flexibility index (Phi) is 6.17. The molecule has 2 heterocycles. The Bertz CT molecular complexity index is 2280. The van der Waals surface area contributed by atoms with Crippen LogP contribution in [0.5, 0.6) is 0 Å². The molecule has 0 aliphatic rings. The van der Waals surface area contributed by atoms with Gasteiger partial charge in [-0.25, -0.2) is 0 Å². The number of aromatic nitrogens is 2. The second kappa shape index (κ2) is 10.8. The second-order valence-electron chi connectivity index (χ2n) is 11.7. The first-order valence-corrected chi connectivity index (χ1v) is 15.7. The lowest BCUT2D eigenvalue weighted by Gasteiger charge is -2.19. The summed E-state index contributed by atoms with van der Waals surface area (Å²) in [6, 6.07) is 52.3. The fraction of sp³-hybridized carbons (Fsp3) is 0. The third kappa shape index (κ3) is 4.12. The molecule has 0 aliphatic heterocycles. The summed E-state index contributed by atoms with van der Waals surface area (Å²) in [5.41, 5.74) is 9.64. The molecule has 0 unspecified atom stereocenters. The Hall–Kier alpha value is -6.12. The largest absolute Gasteiger partial charge is 0.264 e. The van der Waals surface area contributed by atoms with Gasteiger partial charge in [0.25, 0.3) is 0 Å². The first-order chi connectivity index (χ1) is 22.9. The normalized spacial score (nSPS) is 11.5. The quantitative estimate of drug-likeness (QED) is 0.192. The van der Waals surface area contributed by atoms with Crippen molar-refractivity contribution in [1.82, 2.24) is 9.97 Å². The van der Waals surface area contributed by atoms with E-state index in [9.17, 15) is 0 Å². The SMILES string of the molecule is c1ccc(-c2c3ccccc3c(-c3cccc(-c4c5ccccc5c(-c5ccccc5)c5ccncc45)c3)c3cnccc23)cc1. The lowest BCUT2D eigenvalue weighted by Crippen LogP contribution is -1.93. The molecule has 214 valence electrons. The van der Waals surface area contributed by atoms with Crippen LogP contribution in [0.4, 0.5) is 0 Å². The summed E-state index contributed by atoms with van der Waals surface area (Å²) in [6.45, 7) is 0. The van der Waals surface area contributed by atoms with Gasteiger partial charge in [0.15, 0.2) is 0 Å². The molecule has 46 heavy (non-hydrogen) atoms. The number of fused-ring (bicyclic) bond motifs is 4. The summed E-state index contributed by atoms with van der Waals surface area (Å²) < 4.78 is 0. The van der Waals surface area contributed by atoms with E-state index in [0.717, 1.165) is 10.8 Å². The maximum atomic E-state index is 4.63. The standard InChI is InChI=1S/C44H28N2/c1-3-12-29(13-4-1)41-33-18-7-9-20-35(33)43(39-27-45-24-22-37(39)41)31-16-11-17-32(26-31)44-36-21-10-8-19-34(36)42(30-14-5-2-6-15-30)38-23-25-46-28-40(38)44/h1-28H. The predicted molar refractivity (Wildman–Crippen MR) is 194 cm³/mol. The van der Waals surface area contributed by atoms with Gasteiger partial charge in [-0.15, -0.1) is 0 Å². The first-order valence-electron chi connectivity index (χ1n) is 15.7. The first kappa shape index (κ1) is 26.3. The van der Waals surface area contributed by atoms with Gasteiger partial charge in [-0.2, -0.15) is 0 Å². The van der Waals surface area contributed by atoms with Crippen molar-refractivity contribution in [2.75, 3.05) is 0 Å². The van der Waals surface area contributed by atoms with Crippen LogP contribution in [0.15, 0.2) is 170 Å². The van der Waals surface area contributed by atoms with Crippen molar-refractivity contribution < 1.29 is 0 Å². The molecule has 9 rings (SSSR count). The average molecular weight is 585 g/mol. The zero-order chi connectivity index (χ0) is 30.5. The topological polar surface area (TPSA) is 25.8 Å². The highest BCUT2D eigenvalue weighted by Gasteiger charge is 2.19. The molecule has 0 radical (unpaired) electrons. The average Bonchev–Trinajstić information content (AvgIpc) is 3.13. The van der Waals surface area contributed by atoms with Crippen LogP contribution < -0.4 is 0 Å². The summed E-state index contributed by atoms with van der Waals surface area (Å²) in [6.07, 6.45) is 7.87. The minimum Gasteiger partial charge on any atom is -0.264 e.